The number of thioether (sulfide) groups is 1. The Kier molecular flexibility index (Phi) is 7.20. The number of aromatic nitrogens is 2. The molecular weight excluding hydrogens is 478 g/mol. The largest absolute Gasteiger partial charge is 0.486 e. The van der Waals surface area contributed by atoms with E-state index in [0.717, 1.165) is 47.5 Å². The molecule has 0 radical (unpaired) electrons. The lowest BCUT2D eigenvalue weighted by Crippen LogP contribution is -2.29. The third-order valence-electron chi connectivity index (χ3n) is 5.97. The Balaban J connectivity index is 1.49. The van der Waals surface area contributed by atoms with Crippen LogP contribution >= 0.6 is 24.0 Å². The van der Waals surface area contributed by atoms with E-state index >= 15 is 0 Å². The Hall–Kier alpha value is -3.10. The number of unbranched alkanes of at least 4 members (excludes halogenated alkanes) is 3. The van der Waals surface area contributed by atoms with Gasteiger partial charge in [-0.2, -0.15) is 5.10 Å². The minimum Gasteiger partial charge on any atom is -0.486 e. The van der Waals surface area contributed by atoms with Gasteiger partial charge in [-0.25, -0.2) is 4.68 Å². The second kappa shape index (κ2) is 10.7. The maximum atomic E-state index is 13.2. The van der Waals surface area contributed by atoms with E-state index in [4.69, 9.17) is 26.8 Å². The molecule has 0 unspecified atom stereocenters. The Labute approximate surface area is 214 Å². The van der Waals surface area contributed by atoms with E-state index < -0.39 is 0 Å². The summed E-state index contributed by atoms with van der Waals surface area (Å²) in [6.07, 6.45) is 8.25. The summed E-state index contributed by atoms with van der Waals surface area (Å²) >= 11 is 6.90. The van der Waals surface area contributed by atoms with Crippen molar-refractivity contribution in [1.82, 2.24) is 14.7 Å². The summed E-state index contributed by atoms with van der Waals surface area (Å²) in [6.45, 7) is 3.90. The Morgan fingerprint density at radius 2 is 1.86 bits per heavy atom. The van der Waals surface area contributed by atoms with Crippen molar-refractivity contribution in [3.05, 3.63) is 65.2 Å². The van der Waals surface area contributed by atoms with Crippen molar-refractivity contribution in [3.8, 4) is 28.4 Å². The molecule has 6 nitrogen and oxygen atoms in total. The second-order valence-corrected chi connectivity index (χ2v) is 10.1. The second-order valence-electron chi connectivity index (χ2n) is 8.47. The van der Waals surface area contributed by atoms with Gasteiger partial charge < -0.3 is 9.47 Å². The summed E-state index contributed by atoms with van der Waals surface area (Å²) in [5, 5.41) is 4.88. The Bertz CT molecular complexity index is 1270. The van der Waals surface area contributed by atoms with Crippen molar-refractivity contribution < 1.29 is 14.3 Å². The summed E-state index contributed by atoms with van der Waals surface area (Å²) in [5.41, 5.74) is 3.44. The highest BCUT2D eigenvalue weighted by atomic mass is 32.2. The van der Waals surface area contributed by atoms with Crippen LogP contribution < -0.4 is 9.47 Å². The normalized spacial score (nSPS) is 16.4. The van der Waals surface area contributed by atoms with Crippen molar-refractivity contribution >= 4 is 40.3 Å². The minimum absolute atomic E-state index is 0.0305. The van der Waals surface area contributed by atoms with Crippen LogP contribution in [0.15, 0.2) is 59.6 Å². The quantitative estimate of drug-likeness (QED) is 0.210. The zero-order chi connectivity index (χ0) is 24.2. The zero-order valence-electron chi connectivity index (χ0n) is 19.6. The van der Waals surface area contributed by atoms with Crippen molar-refractivity contribution in [2.75, 3.05) is 19.8 Å². The number of hydrogen-bond acceptors (Lipinski definition) is 6. The fourth-order valence-electron chi connectivity index (χ4n) is 4.15. The van der Waals surface area contributed by atoms with Gasteiger partial charge in [0.1, 0.15) is 23.2 Å². The number of para-hydroxylation sites is 1. The number of ether oxygens (including phenoxy) is 2. The number of carbonyl (C=O) groups is 1. The van der Waals surface area contributed by atoms with Gasteiger partial charge in [-0.15, -0.1) is 0 Å². The average Bonchev–Trinajstić information content (AvgIpc) is 3.43. The molecule has 1 fully saturated rings. The summed E-state index contributed by atoms with van der Waals surface area (Å²) in [6, 6.07) is 15.8. The molecule has 0 spiro atoms. The minimum atomic E-state index is -0.0305. The van der Waals surface area contributed by atoms with Crippen LogP contribution in [-0.4, -0.2) is 44.7 Å². The first-order valence-corrected chi connectivity index (χ1v) is 13.2. The molecule has 2 aliphatic rings. The molecule has 5 rings (SSSR count). The molecule has 3 aromatic rings. The molecule has 3 heterocycles. The molecular formula is C27H27N3O3S2. The van der Waals surface area contributed by atoms with Crippen LogP contribution in [0.5, 0.6) is 11.5 Å². The molecule has 0 saturated carbocycles. The molecule has 0 atom stereocenters. The Morgan fingerprint density at radius 3 is 2.66 bits per heavy atom. The van der Waals surface area contributed by atoms with Gasteiger partial charge in [0.25, 0.3) is 5.91 Å². The first-order chi connectivity index (χ1) is 17.1. The van der Waals surface area contributed by atoms with Crippen LogP contribution in [0.4, 0.5) is 0 Å². The number of carbonyl (C=O) groups excluding carboxylic acids is 1. The summed E-state index contributed by atoms with van der Waals surface area (Å²) < 4.78 is 13.9. The fourth-order valence-corrected chi connectivity index (χ4v) is 5.45. The molecule has 180 valence electrons. The number of rotatable bonds is 8. The molecule has 2 aliphatic heterocycles. The standard InChI is InChI=1S/C27H27N3O3S2/c1-2-3-4-8-13-29-26(31)24(35-27(29)34)17-20-18-30(21-9-6-5-7-10-21)28-25(20)19-11-12-22-23(16-19)33-15-14-32-22/h5-7,9-12,16-18H,2-4,8,13-15H2,1H3/b24-17-. The zero-order valence-corrected chi connectivity index (χ0v) is 21.2. The fraction of sp³-hybridized carbons (Fsp3) is 0.296. The van der Waals surface area contributed by atoms with Gasteiger partial charge in [-0.05, 0) is 42.8 Å². The molecule has 35 heavy (non-hydrogen) atoms. The van der Waals surface area contributed by atoms with E-state index in [9.17, 15) is 4.79 Å². The molecule has 0 N–H and O–H groups in total. The molecule has 8 heteroatoms. The lowest BCUT2D eigenvalue weighted by atomic mass is 10.1. The van der Waals surface area contributed by atoms with Crippen molar-refractivity contribution in [2.24, 2.45) is 0 Å². The Morgan fingerprint density at radius 1 is 1.06 bits per heavy atom. The van der Waals surface area contributed by atoms with Gasteiger partial charge in [-0.1, -0.05) is 68.4 Å². The molecule has 1 amide bonds. The first kappa shape index (κ1) is 23.6. The average molecular weight is 506 g/mol. The highest BCUT2D eigenvalue weighted by molar-refractivity contribution is 8.26. The third-order valence-corrected chi connectivity index (χ3v) is 7.35. The van der Waals surface area contributed by atoms with Gasteiger partial charge in [0.05, 0.1) is 10.6 Å². The molecule has 0 aliphatic carbocycles. The van der Waals surface area contributed by atoms with E-state index in [2.05, 4.69) is 6.92 Å². The summed E-state index contributed by atoms with van der Waals surface area (Å²) in [7, 11) is 0. The topological polar surface area (TPSA) is 56.6 Å². The van der Waals surface area contributed by atoms with Crippen LogP contribution in [0.3, 0.4) is 0 Å². The van der Waals surface area contributed by atoms with Crippen molar-refractivity contribution in [2.45, 2.75) is 32.6 Å². The number of fused-ring (bicyclic) bond motifs is 1. The first-order valence-electron chi connectivity index (χ1n) is 11.9. The van der Waals surface area contributed by atoms with E-state index in [1.54, 1.807) is 4.90 Å². The highest BCUT2D eigenvalue weighted by Gasteiger charge is 2.32. The van der Waals surface area contributed by atoms with Crippen LogP contribution in [0.25, 0.3) is 23.0 Å². The number of hydrogen-bond donors (Lipinski definition) is 0. The van der Waals surface area contributed by atoms with Crippen molar-refractivity contribution in [3.63, 3.8) is 0 Å². The maximum absolute atomic E-state index is 13.2. The predicted molar refractivity (Wildman–Crippen MR) is 144 cm³/mol. The smallest absolute Gasteiger partial charge is 0.266 e. The van der Waals surface area contributed by atoms with E-state index in [1.807, 2.05) is 65.5 Å². The van der Waals surface area contributed by atoms with Crippen molar-refractivity contribution in [1.29, 1.82) is 0 Å². The van der Waals surface area contributed by atoms with Gasteiger partial charge >= 0.3 is 0 Å². The molecule has 1 aromatic heterocycles. The van der Waals surface area contributed by atoms with Gasteiger partial charge in [-0.3, -0.25) is 9.69 Å². The SMILES string of the molecule is CCCCCCN1C(=O)/C(=C/c2cn(-c3ccccc3)nc2-c2ccc3c(c2)OCCO3)SC1=S. The van der Waals surface area contributed by atoms with Crippen LogP contribution in [-0.2, 0) is 4.79 Å². The summed E-state index contributed by atoms with van der Waals surface area (Å²) in [4.78, 5) is 15.5. The van der Waals surface area contributed by atoms with Crippen LogP contribution in [0.1, 0.15) is 38.2 Å². The van der Waals surface area contributed by atoms with E-state index in [1.165, 1.54) is 18.2 Å². The molecule has 1 saturated heterocycles. The number of amides is 1. The lowest BCUT2D eigenvalue weighted by Gasteiger charge is -2.18. The molecule has 0 bridgehead atoms. The van der Waals surface area contributed by atoms with Crippen LogP contribution in [0, 0.1) is 0 Å². The maximum Gasteiger partial charge on any atom is 0.266 e. The number of thiocarbonyl (C=S) groups is 1. The third kappa shape index (κ3) is 5.13. The van der Waals surface area contributed by atoms with Gasteiger partial charge in [0.15, 0.2) is 11.5 Å². The highest BCUT2D eigenvalue weighted by Crippen LogP contribution is 2.38. The predicted octanol–water partition coefficient (Wildman–Crippen LogP) is 6.09. The van der Waals surface area contributed by atoms with E-state index in [-0.39, 0.29) is 5.91 Å². The number of nitrogens with zero attached hydrogens (tertiary/aromatic N) is 3. The molecule has 2 aromatic carbocycles. The van der Waals surface area contributed by atoms with Crippen LogP contribution in [0.2, 0.25) is 0 Å². The monoisotopic (exact) mass is 505 g/mol. The lowest BCUT2D eigenvalue weighted by molar-refractivity contribution is -0.122. The summed E-state index contributed by atoms with van der Waals surface area (Å²) in [5.74, 6) is 1.40. The van der Waals surface area contributed by atoms with E-state index in [0.29, 0.717) is 34.7 Å². The van der Waals surface area contributed by atoms with Gasteiger partial charge in [0, 0.05) is 23.9 Å². The van der Waals surface area contributed by atoms with Gasteiger partial charge in [0.2, 0.25) is 0 Å². The number of benzene rings is 2.